The number of carbonyl (C=O) groups is 1. The van der Waals surface area contributed by atoms with Crippen LogP contribution in [0, 0.1) is 12.7 Å². The number of ketones is 1. The molecule has 3 nitrogen and oxygen atoms in total. The summed E-state index contributed by atoms with van der Waals surface area (Å²) in [6.45, 7) is 3.67. The summed E-state index contributed by atoms with van der Waals surface area (Å²) in [5.41, 5.74) is 2.78. The van der Waals surface area contributed by atoms with Crippen molar-refractivity contribution in [2.45, 2.75) is 26.7 Å². The van der Waals surface area contributed by atoms with E-state index in [4.69, 9.17) is 0 Å². The van der Waals surface area contributed by atoms with Crippen LogP contribution in [0.25, 0.3) is 0 Å². The smallest absolute Gasteiger partial charge is 0.168 e. The van der Waals surface area contributed by atoms with Crippen molar-refractivity contribution in [1.29, 1.82) is 0 Å². The number of halogens is 2. The molecule has 0 unspecified atom stereocenters. The van der Waals surface area contributed by atoms with Crippen LogP contribution in [0.3, 0.4) is 0 Å². The van der Waals surface area contributed by atoms with E-state index in [1.54, 1.807) is 17.7 Å². The van der Waals surface area contributed by atoms with Crippen molar-refractivity contribution < 1.29 is 9.18 Å². The highest BCUT2D eigenvalue weighted by Gasteiger charge is 2.17. The van der Waals surface area contributed by atoms with Crippen LogP contribution in [0.15, 0.2) is 22.7 Å². The molecule has 1 aromatic heterocycles. The summed E-state index contributed by atoms with van der Waals surface area (Å²) in [4.78, 5) is 12.3. The Kier molecular flexibility index (Phi) is 4.38. The Hall–Kier alpha value is -1.49. The van der Waals surface area contributed by atoms with Gasteiger partial charge in [0.05, 0.1) is 22.3 Å². The van der Waals surface area contributed by atoms with Crippen molar-refractivity contribution in [2.24, 2.45) is 7.05 Å². The van der Waals surface area contributed by atoms with E-state index < -0.39 is 0 Å². The molecular weight excluding hydrogens is 323 g/mol. The van der Waals surface area contributed by atoms with Crippen molar-refractivity contribution in [3.05, 3.63) is 51.0 Å². The number of hydrogen-bond acceptors (Lipinski definition) is 2. The largest absolute Gasteiger partial charge is 0.294 e. The second-order valence-corrected chi connectivity index (χ2v) is 5.54. The Morgan fingerprint density at radius 1 is 1.45 bits per heavy atom. The van der Waals surface area contributed by atoms with Gasteiger partial charge in [0, 0.05) is 12.6 Å². The first kappa shape index (κ1) is 14.9. The Balaban J connectivity index is 2.28. The SMILES string of the molecule is CCc1nn(C)c(CC(=O)c2ccc(F)c(C)c2)c1Br. The molecule has 20 heavy (non-hydrogen) atoms. The Labute approximate surface area is 125 Å². The maximum absolute atomic E-state index is 13.2. The molecular formula is C15H16BrFN2O. The zero-order chi connectivity index (χ0) is 14.9. The molecule has 2 rings (SSSR count). The van der Waals surface area contributed by atoms with E-state index in [2.05, 4.69) is 21.0 Å². The minimum atomic E-state index is -0.295. The number of nitrogens with zero attached hydrogens (tertiary/aromatic N) is 2. The average Bonchev–Trinajstić information content (AvgIpc) is 2.69. The minimum absolute atomic E-state index is 0.0422. The third kappa shape index (κ3) is 2.82. The maximum Gasteiger partial charge on any atom is 0.168 e. The fourth-order valence-electron chi connectivity index (χ4n) is 2.08. The number of hydrogen-bond donors (Lipinski definition) is 0. The molecule has 0 fully saturated rings. The highest BCUT2D eigenvalue weighted by Crippen LogP contribution is 2.23. The van der Waals surface area contributed by atoms with Crippen LogP contribution in [0.4, 0.5) is 4.39 Å². The van der Waals surface area contributed by atoms with E-state index in [0.29, 0.717) is 11.1 Å². The molecule has 0 bridgehead atoms. The van der Waals surface area contributed by atoms with E-state index in [-0.39, 0.29) is 18.0 Å². The van der Waals surface area contributed by atoms with Crippen LogP contribution in [-0.4, -0.2) is 15.6 Å². The lowest BCUT2D eigenvalue weighted by atomic mass is 10.0. The molecule has 1 aromatic carbocycles. The number of carbonyl (C=O) groups excluding carboxylic acids is 1. The summed E-state index contributed by atoms with van der Waals surface area (Å²) in [6, 6.07) is 4.44. The predicted molar refractivity (Wildman–Crippen MR) is 79.5 cm³/mol. The van der Waals surface area contributed by atoms with E-state index in [0.717, 1.165) is 22.3 Å². The van der Waals surface area contributed by atoms with Gasteiger partial charge in [-0.2, -0.15) is 5.10 Å². The summed E-state index contributed by atoms with van der Waals surface area (Å²) in [5.74, 6) is -0.337. The second-order valence-electron chi connectivity index (χ2n) is 4.75. The van der Waals surface area contributed by atoms with Crippen molar-refractivity contribution in [1.82, 2.24) is 9.78 Å². The van der Waals surface area contributed by atoms with Crippen LogP contribution >= 0.6 is 15.9 Å². The molecule has 0 spiro atoms. The number of benzene rings is 1. The molecule has 0 amide bonds. The van der Waals surface area contributed by atoms with E-state index in [9.17, 15) is 9.18 Å². The quantitative estimate of drug-likeness (QED) is 0.798. The zero-order valence-electron chi connectivity index (χ0n) is 11.7. The summed E-state index contributed by atoms with van der Waals surface area (Å²) in [6.07, 6.45) is 1.05. The van der Waals surface area contributed by atoms with E-state index >= 15 is 0 Å². The van der Waals surface area contributed by atoms with Gasteiger partial charge in [0.2, 0.25) is 0 Å². The molecule has 0 N–H and O–H groups in total. The van der Waals surface area contributed by atoms with Gasteiger partial charge in [0.1, 0.15) is 5.82 Å². The molecule has 0 aliphatic heterocycles. The molecule has 0 aliphatic rings. The molecule has 106 valence electrons. The number of rotatable bonds is 4. The highest BCUT2D eigenvalue weighted by molar-refractivity contribution is 9.10. The van der Waals surface area contributed by atoms with E-state index in [1.807, 2.05) is 14.0 Å². The van der Waals surface area contributed by atoms with Gasteiger partial charge in [-0.3, -0.25) is 9.48 Å². The molecule has 0 radical (unpaired) electrons. The normalized spacial score (nSPS) is 10.8. The van der Waals surface area contributed by atoms with Gasteiger partial charge in [-0.1, -0.05) is 6.92 Å². The number of Topliss-reactive ketones (excluding diaryl/α,β-unsaturated/α-hetero) is 1. The molecule has 0 saturated carbocycles. The van der Waals surface area contributed by atoms with E-state index in [1.165, 1.54) is 12.1 Å². The van der Waals surface area contributed by atoms with Crippen LogP contribution in [0.2, 0.25) is 0 Å². The standard InChI is InChI=1S/C15H16BrFN2O/c1-4-12-15(16)13(19(3)18-12)8-14(20)10-5-6-11(17)9(2)7-10/h5-7H,4,8H2,1-3H3. The van der Waals surface area contributed by atoms with Crippen molar-refractivity contribution in [3.63, 3.8) is 0 Å². The number of aromatic nitrogens is 2. The van der Waals surface area contributed by atoms with Crippen LogP contribution < -0.4 is 0 Å². The maximum atomic E-state index is 13.2. The fraction of sp³-hybridized carbons (Fsp3) is 0.333. The first-order chi connectivity index (χ1) is 9.43. The lowest BCUT2D eigenvalue weighted by Gasteiger charge is -2.04. The first-order valence-electron chi connectivity index (χ1n) is 6.43. The summed E-state index contributed by atoms with van der Waals surface area (Å²) in [5, 5.41) is 4.36. The van der Waals surface area contributed by atoms with Crippen molar-refractivity contribution in [2.75, 3.05) is 0 Å². The van der Waals surface area contributed by atoms with Crippen LogP contribution in [0.5, 0.6) is 0 Å². The van der Waals surface area contributed by atoms with Gasteiger partial charge in [-0.05, 0) is 53.0 Å². The summed E-state index contributed by atoms with van der Waals surface area (Å²) < 4.78 is 15.8. The van der Waals surface area contributed by atoms with Crippen molar-refractivity contribution in [3.8, 4) is 0 Å². The summed E-state index contributed by atoms with van der Waals surface area (Å²) >= 11 is 3.49. The van der Waals surface area contributed by atoms with Crippen molar-refractivity contribution >= 4 is 21.7 Å². The minimum Gasteiger partial charge on any atom is -0.294 e. The third-order valence-corrected chi connectivity index (χ3v) is 4.23. The zero-order valence-corrected chi connectivity index (χ0v) is 13.3. The van der Waals surface area contributed by atoms with Gasteiger partial charge in [-0.15, -0.1) is 0 Å². The van der Waals surface area contributed by atoms with Crippen LogP contribution in [-0.2, 0) is 19.9 Å². The van der Waals surface area contributed by atoms with Gasteiger partial charge in [0.15, 0.2) is 5.78 Å². The van der Waals surface area contributed by atoms with Gasteiger partial charge in [0.25, 0.3) is 0 Å². The molecule has 0 atom stereocenters. The monoisotopic (exact) mass is 338 g/mol. The Morgan fingerprint density at radius 3 is 2.70 bits per heavy atom. The summed E-state index contributed by atoms with van der Waals surface area (Å²) in [7, 11) is 1.82. The molecule has 5 heteroatoms. The fourth-order valence-corrected chi connectivity index (χ4v) is 2.84. The first-order valence-corrected chi connectivity index (χ1v) is 7.23. The lowest BCUT2D eigenvalue weighted by molar-refractivity contribution is 0.0990. The van der Waals surface area contributed by atoms with Gasteiger partial charge in [-0.25, -0.2) is 4.39 Å². The van der Waals surface area contributed by atoms with Crippen LogP contribution in [0.1, 0.15) is 34.2 Å². The molecule has 2 aromatic rings. The van der Waals surface area contributed by atoms with Gasteiger partial charge < -0.3 is 0 Å². The highest BCUT2D eigenvalue weighted by atomic mass is 79.9. The number of aryl methyl sites for hydroxylation is 3. The molecule has 1 heterocycles. The predicted octanol–water partition coefficient (Wildman–Crippen LogP) is 3.62. The molecule has 0 saturated heterocycles. The Morgan fingerprint density at radius 2 is 2.15 bits per heavy atom. The Bertz CT molecular complexity index is 664. The van der Waals surface area contributed by atoms with Gasteiger partial charge >= 0.3 is 0 Å². The molecule has 0 aliphatic carbocycles. The topological polar surface area (TPSA) is 34.9 Å². The second kappa shape index (κ2) is 5.87. The third-order valence-electron chi connectivity index (χ3n) is 3.31. The average molecular weight is 339 g/mol. The lowest BCUT2D eigenvalue weighted by Crippen LogP contribution is -2.09.